The van der Waals surface area contributed by atoms with E-state index in [2.05, 4.69) is 0 Å². The molecule has 8 nitrogen and oxygen atoms in total. The molecule has 8 heteroatoms. The quantitative estimate of drug-likeness (QED) is 0.618. The Morgan fingerprint density at radius 3 is 2.39 bits per heavy atom. The molecule has 0 aliphatic carbocycles. The van der Waals surface area contributed by atoms with Crippen molar-refractivity contribution in [1.29, 1.82) is 0 Å². The second kappa shape index (κ2) is 10.2. The predicted molar refractivity (Wildman–Crippen MR) is 138 cm³/mol. The Bertz CT molecular complexity index is 1180. The third-order valence-corrected chi connectivity index (χ3v) is 6.91. The number of aryl methyl sites for hydroxylation is 1. The number of piperidine rings is 1. The first-order valence-electron chi connectivity index (χ1n) is 12.6. The van der Waals surface area contributed by atoms with Crippen LogP contribution < -0.4 is 9.47 Å². The fraction of sp³-hybridized carbons (Fsp3) is 0.464. The first-order chi connectivity index (χ1) is 17.2. The molecule has 192 valence electrons. The standard InChI is InChI=1S/C28H35N3O5/c1-6-35-23-11-9-19(16-24(23)36-7-2)25-28(4,5)27(34)31(29-25)20-12-14-30(15-13-20)26(33)22-17-21(32)10-8-18(22)3/h8-11,16-17,20,32H,6-7,12-15H2,1-5H3. The summed E-state index contributed by atoms with van der Waals surface area (Å²) in [6, 6.07) is 10.4. The molecule has 0 atom stereocenters. The van der Waals surface area contributed by atoms with E-state index in [1.54, 1.807) is 22.0 Å². The molecule has 1 fully saturated rings. The third kappa shape index (κ3) is 4.76. The van der Waals surface area contributed by atoms with Crippen molar-refractivity contribution in [2.75, 3.05) is 26.3 Å². The summed E-state index contributed by atoms with van der Waals surface area (Å²) in [5.74, 6) is 1.24. The SMILES string of the molecule is CCOc1ccc(C2=NN(C3CCN(C(=O)c4cc(O)ccc4C)CC3)C(=O)C2(C)C)cc1OCC. The number of nitrogens with zero attached hydrogens (tertiary/aromatic N) is 3. The Morgan fingerprint density at radius 2 is 1.72 bits per heavy atom. The maximum atomic E-state index is 13.5. The number of phenolic OH excluding ortho intramolecular Hbond substituents is 1. The van der Waals surface area contributed by atoms with Gasteiger partial charge < -0.3 is 19.5 Å². The number of carbonyl (C=O) groups excluding carboxylic acids is 2. The van der Waals surface area contributed by atoms with Crippen LogP contribution in [0.25, 0.3) is 0 Å². The minimum Gasteiger partial charge on any atom is -0.508 e. The van der Waals surface area contributed by atoms with E-state index in [9.17, 15) is 14.7 Å². The van der Waals surface area contributed by atoms with Gasteiger partial charge in [0.1, 0.15) is 5.75 Å². The number of ether oxygens (including phenoxy) is 2. The van der Waals surface area contributed by atoms with E-state index in [1.165, 1.54) is 6.07 Å². The molecule has 1 N–H and O–H groups in total. The topological polar surface area (TPSA) is 91.7 Å². The zero-order valence-electron chi connectivity index (χ0n) is 21.7. The van der Waals surface area contributed by atoms with Crippen LogP contribution in [0.1, 0.15) is 62.0 Å². The molecule has 0 saturated carbocycles. The van der Waals surface area contributed by atoms with Gasteiger partial charge in [-0.05, 0) is 83.4 Å². The molecule has 1 saturated heterocycles. The van der Waals surface area contributed by atoms with Crippen molar-refractivity contribution in [3.63, 3.8) is 0 Å². The molecule has 2 heterocycles. The normalized spacial score (nSPS) is 17.8. The minimum atomic E-state index is -0.789. The van der Waals surface area contributed by atoms with Crippen LogP contribution in [-0.4, -0.2) is 64.9 Å². The zero-order chi connectivity index (χ0) is 26.0. The summed E-state index contributed by atoms with van der Waals surface area (Å²) in [5, 5.41) is 16.2. The molecule has 0 unspecified atom stereocenters. The number of phenols is 1. The maximum absolute atomic E-state index is 13.5. The summed E-state index contributed by atoms with van der Waals surface area (Å²) >= 11 is 0. The van der Waals surface area contributed by atoms with E-state index in [-0.39, 0.29) is 23.6 Å². The molecule has 36 heavy (non-hydrogen) atoms. The van der Waals surface area contributed by atoms with Crippen LogP contribution in [0.4, 0.5) is 0 Å². The fourth-order valence-corrected chi connectivity index (χ4v) is 4.85. The number of benzene rings is 2. The van der Waals surface area contributed by atoms with Gasteiger partial charge in [-0.2, -0.15) is 5.10 Å². The Hall–Kier alpha value is -3.55. The van der Waals surface area contributed by atoms with E-state index in [0.717, 1.165) is 11.1 Å². The molecule has 4 rings (SSSR count). The summed E-state index contributed by atoms with van der Waals surface area (Å²) in [4.78, 5) is 28.3. The van der Waals surface area contributed by atoms with Crippen LogP contribution in [0.3, 0.4) is 0 Å². The first kappa shape index (κ1) is 25.5. The Kier molecular flexibility index (Phi) is 7.24. The minimum absolute atomic E-state index is 0.0436. The monoisotopic (exact) mass is 493 g/mol. The largest absolute Gasteiger partial charge is 0.508 e. The Labute approximate surface area is 212 Å². The third-order valence-electron chi connectivity index (χ3n) is 6.91. The number of likely N-dealkylation sites (tertiary alicyclic amines) is 1. The van der Waals surface area contributed by atoms with Gasteiger partial charge in [-0.1, -0.05) is 6.07 Å². The van der Waals surface area contributed by atoms with Crippen molar-refractivity contribution in [3.8, 4) is 17.2 Å². The lowest BCUT2D eigenvalue weighted by atomic mass is 9.83. The van der Waals surface area contributed by atoms with Crippen molar-refractivity contribution in [2.45, 2.75) is 53.5 Å². The molecule has 0 bridgehead atoms. The highest BCUT2D eigenvalue weighted by Gasteiger charge is 2.47. The fourth-order valence-electron chi connectivity index (χ4n) is 4.85. The average Bonchev–Trinajstić information content (AvgIpc) is 3.10. The van der Waals surface area contributed by atoms with Gasteiger partial charge in [0, 0.05) is 24.2 Å². The zero-order valence-corrected chi connectivity index (χ0v) is 21.7. The summed E-state index contributed by atoms with van der Waals surface area (Å²) in [6.45, 7) is 11.6. The van der Waals surface area contributed by atoms with E-state index in [0.29, 0.717) is 61.9 Å². The van der Waals surface area contributed by atoms with Gasteiger partial charge in [0.05, 0.1) is 30.4 Å². The van der Waals surface area contributed by atoms with Crippen molar-refractivity contribution in [2.24, 2.45) is 10.5 Å². The van der Waals surface area contributed by atoms with Gasteiger partial charge >= 0.3 is 0 Å². The van der Waals surface area contributed by atoms with Crippen molar-refractivity contribution >= 4 is 17.5 Å². The maximum Gasteiger partial charge on any atom is 0.254 e. The van der Waals surface area contributed by atoms with E-state index < -0.39 is 5.41 Å². The highest BCUT2D eigenvalue weighted by atomic mass is 16.5. The van der Waals surface area contributed by atoms with Crippen LogP contribution in [0, 0.1) is 12.3 Å². The Morgan fingerprint density at radius 1 is 1.06 bits per heavy atom. The molecule has 2 aliphatic heterocycles. The molecule has 0 aromatic heterocycles. The van der Waals surface area contributed by atoms with Gasteiger partial charge in [-0.15, -0.1) is 0 Å². The van der Waals surface area contributed by atoms with Gasteiger partial charge in [0.25, 0.3) is 11.8 Å². The second-order valence-corrected chi connectivity index (χ2v) is 9.77. The molecule has 0 spiro atoms. The molecule has 0 radical (unpaired) electrons. The summed E-state index contributed by atoms with van der Waals surface area (Å²) in [5.41, 5.74) is 2.07. The lowest BCUT2D eigenvalue weighted by Crippen LogP contribution is -2.47. The molecule has 2 amide bonds. The van der Waals surface area contributed by atoms with Gasteiger partial charge in [0.2, 0.25) is 0 Å². The van der Waals surface area contributed by atoms with E-state index in [4.69, 9.17) is 14.6 Å². The van der Waals surface area contributed by atoms with Crippen LogP contribution in [0.2, 0.25) is 0 Å². The van der Waals surface area contributed by atoms with Crippen LogP contribution in [0.15, 0.2) is 41.5 Å². The first-order valence-corrected chi connectivity index (χ1v) is 12.6. The van der Waals surface area contributed by atoms with Gasteiger partial charge in [-0.3, -0.25) is 9.59 Å². The molecule has 2 aliphatic rings. The van der Waals surface area contributed by atoms with Crippen LogP contribution in [-0.2, 0) is 4.79 Å². The number of hydrazone groups is 1. The van der Waals surface area contributed by atoms with Crippen LogP contribution >= 0.6 is 0 Å². The number of carbonyl (C=O) groups is 2. The van der Waals surface area contributed by atoms with Crippen molar-refractivity contribution in [1.82, 2.24) is 9.91 Å². The summed E-state index contributed by atoms with van der Waals surface area (Å²) in [7, 11) is 0. The highest BCUT2D eigenvalue weighted by Crippen LogP contribution is 2.38. The van der Waals surface area contributed by atoms with Gasteiger partial charge in [-0.25, -0.2) is 5.01 Å². The molecule has 2 aromatic carbocycles. The number of hydrogen-bond acceptors (Lipinski definition) is 6. The predicted octanol–water partition coefficient (Wildman–Crippen LogP) is 4.38. The summed E-state index contributed by atoms with van der Waals surface area (Å²) in [6.07, 6.45) is 1.27. The van der Waals surface area contributed by atoms with Crippen LogP contribution in [0.5, 0.6) is 17.2 Å². The van der Waals surface area contributed by atoms with E-state index >= 15 is 0 Å². The number of rotatable bonds is 7. The number of aromatic hydroxyl groups is 1. The second-order valence-electron chi connectivity index (χ2n) is 9.77. The smallest absolute Gasteiger partial charge is 0.254 e. The lowest BCUT2D eigenvalue weighted by molar-refractivity contribution is -0.137. The Balaban J connectivity index is 1.52. The number of hydrogen-bond donors (Lipinski definition) is 1. The van der Waals surface area contributed by atoms with Crippen molar-refractivity contribution in [3.05, 3.63) is 53.1 Å². The van der Waals surface area contributed by atoms with Crippen molar-refractivity contribution < 1.29 is 24.2 Å². The van der Waals surface area contributed by atoms with E-state index in [1.807, 2.05) is 52.8 Å². The summed E-state index contributed by atoms with van der Waals surface area (Å²) < 4.78 is 11.5. The molecule has 2 aromatic rings. The average molecular weight is 494 g/mol. The molecular weight excluding hydrogens is 458 g/mol. The highest BCUT2D eigenvalue weighted by molar-refractivity contribution is 6.19. The number of amides is 2. The molecular formula is C28H35N3O5. The van der Waals surface area contributed by atoms with Gasteiger partial charge in [0.15, 0.2) is 11.5 Å². The lowest BCUT2D eigenvalue weighted by Gasteiger charge is -2.35.